The van der Waals surface area contributed by atoms with Crippen molar-refractivity contribution in [2.24, 2.45) is 0 Å². The molecule has 7 heteroatoms. The Balaban J connectivity index is -0.000000366. The molecule has 0 spiro atoms. The van der Waals surface area contributed by atoms with Gasteiger partial charge in [0, 0.05) is 0 Å². The first-order chi connectivity index (χ1) is 8.41. The monoisotopic (exact) mass is 305 g/mol. The van der Waals surface area contributed by atoms with Crippen molar-refractivity contribution in [1.82, 2.24) is 0 Å². The van der Waals surface area contributed by atoms with Crippen molar-refractivity contribution in [3.05, 3.63) is 5.73 Å². The van der Waals surface area contributed by atoms with Crippen molar-refractivity contribution in [1.29, 1.82) is 0 Å². The van der Waals surface area contributed by atoms with Crippen LogP contribution >= 0.6 is 0 Å². The summed E-state index contributed by atoms with van der Waals surface area (Å²) in [7, 11) is -4.67. The maximum atomic E-state index is 8.74. The molecule has 0 fully saturated rings. The van der Waals surface area contributed by atoms with E-state index in [1.807, 2.05) is 0 Å². The van der Waals surface area contributed by atoms with Crippen molar-refractivity contribution >= 4 is 10.4 Å². The van der Waals surface area contributed by atoms with E-state index < -0.39 is 10.4 Å². The van der Waals surface area contributed by atoms with Crippen LogP contribution in [0.5, 0.6) is 0 Å². The van der Waals surface area contributed by atoms with Gasteiger partial charge in [0.2, 0.25) is 0 Å². The molecular weight excluding hydrogens is 277 g/mol. The van der Waals surface area contributed by atoms with E-state index in [1.165, 1.54) is 57.8 Å². The summed E-state index contributed by atoms with van der Waals surface area (Å²) in [6.07, 6.45) is 13.6. The van der Waals surface area contributed by atoms with Gasteiger partial charge >= 0.3 is 40.0 Å². The molecule has 0 aliphatic rings. The Morgan fingerprint density at radius 1 is 0.789 bits per heavy atom. The third kappa shape index (κ3) is 45.5. The van der Waals surface area contributed by atoms with E-state index in [-0.39, 0.29) is 29.6 Å². The summed E-state index contributed by atoms with van der Waals surface area (Å²) in [4.78, 5) is 0. The molecule has 5 nitrogen and oxygen atoms in total. The molecule has 0 atom stereocenters. The first-order valence-electron chi connectivity index (χ1n) is 6.76. The van der Waals surface area contributed by atoms with Crippen molar-refractivity contribution in [2.75, 3.05) is 6.54 Å². The van der Waals surface area contributed by atoms with E-state index in [9.17, 15) is 0 Å². The molecule has 0 rings (SSSR count). The molecule has 19 heavy (non-hydrogen) atoms. The van der Waals surface area contributed by atoms with Gasteiger partial charge in [0.15, 0.2) is 0 Å². The number of nitrogens with one attached hydrogen (secondary N) is 1. The van der Waals surface area contributed by atoms with Gasteiger partial charge in [-0.15, -0.1) is 0 Å². The van der Waals surface area contributed by atoms with Crippen LogP contribution < -0.4 is 29.6 Å². The fourth-order valence-corrected chi connectivity index (χ4v) is 1.61. The smallest absolute Gasteiger partial charge is 0.677 e. The second-order valence-corrected chi connectivity index (χ2v) is 5.28. The van der Waals surface area contributed by atoms with Crippen molar-refractivity contribution < 1.29 is 47.1 Å². The summed E-state index contributed by atoms with van der Waals surface area (Å²) in [6.45, 7) is 2.89. The summed E-state index contributed by atoms with van der Waals surface area (Å²) < 4.78 is 31.6. The van der Waals surface area contributed by atoms with Crippen molar-refractivity contribution in [2.45, 2.75) is 71.1 Å². The van der Waals surface area contributed by atoms with Crippen LogP contribution in [0.2, 0.25) is 0 Å². The van der Waals surface area contributed by atoms with Crippen LogP contribution in [0.1, 0.15) is 71.1 Å². The summed E-state index contributed by atoms with van der Waals surface area (Å²) in [5, 5.41) is 0. The van der Waals surface area contributed by atoms with Gasteiger partial charge in [0.05, 0.1) is 0 Å². The number of hydrogen-bond donors (Lipinski definition) is 2. The molecule has 0 aromatic carbocycles. The van der Waals surface area contributed by atoms with E-state index in [4.69, 9.17) is 23.3 Å². The quantitative estimate of drug-likeness (QED) is 0.361. The Kier molecular flexibility index (Phi) is 24.6. The maximum Gasteiger partial charge on any atom is 1.00 e. The van der Waals surface area contributed by atoms with Gasteiger partial charge in [-0.25, -0.2) is 0 Å². The average molecular weight is 305 g/mol. The molecule has 0 saturated heterocycles. The third-order valence-electron chi connectivity index (χ3n) is 2.53. The number of unbranched alkanes of at least 4 members (excludes halogenated alkanes) is 9. The minimum Gasteiger partial charge on any atom is -0.677 e. The van der Waals surface area contributed by atoms with Gasteiger partial charge in [-0.3, -0.25) is 9.11 Å². The van der Waals surface area contributed by atoms with Crippen LogP contribution in [0.25, 0.3) is 5.73 Å². The third-order valence-corrected chi connectivity index (χ3v) is 2.53. The minimum absolute atomic E-state index is 0. The van der Waals surface area contributed by atoms with Gasteiger partial charge in [0.25, 0.3) is 0 Å². The first-order valence-corrected chi connectivity index (χ1v) is 8.16. The van der Waals surface area contributed by atoms with Gasteiger partial charge < -0.3 is 5.73 Å². The normalized spacial score (nSPS) is 10.3. The first kappa shape index (κ1) is 24.8. The van der Waals surface area contributed by atoms with E-state index >= 15 is 0 Å². The number of rotatable bonds is 10. The minimum atomic E-state index is -4.67. The molecular formula is C12H28NNaO4S. The molecule has 3 N–H and O–H groups in total. The second-order valence-electron chi connectivity index (χ2n) is 4.38. The van der Waals surface area contributed by atoms with Crippen molar-refractivity contribution in [3.63, 3.8) is 0 Å². The van der Waals surface area contributed by atoms with Crippen LogP contribution in [0.3, 0.4) is 0 Å². The summed E-state index contributed by atoms with van der Waals surface area (Å²) in [5.74, 6) is 0. The Bertz CT molecular complexity index is 230. The number of hydrogen-bond acceptors (Lipinski definition) is 2. The summed E-state index contributed by atoms with van der Waals surface area (Å²) in [6, 6.07) is 0. The summed E-state index contributed by atoms with van der Waals surface area (Å²) >= 11 is 0. The standard InChI is InChI=1S/C12H26N.Na.H2O4S/c1-2-3-4-5-6-7-8-9-10-11-12-13;;1-5(2,3)4/h13H,2-12H2,1H3;;(H2,1,2,3,4)/q-1;+1;. The molecule has 0 radical (unpaired) electrons. The predicted molar refractivity (Wildman–Crippen MR) is 75.2 cm³/mol. The molecule has 0 aliphatic heterocycles. The van der Waals surface area contributed by atoms with E-state index in [0.717, 1.165) is 6.42 Å². The Morgan fingerprint density at radius 2 is 1.05 bits per heavy atom. The van der Waals surface area contributed by atoms with E-state index in [0.29, 0.717) is 6.54 Å². The molecule has 0 saturated carbocycles. The maximum absolute atomic E-state index is 8.74. The fourth-order valence-electron chi connectivity index (χ4n) is 1.61. The zero-order valence-corrected chi connectivity index (χ0v) is 15.2. The second kappa shape index (κ2) is 18.8. The van der Waals surface area contributed by atoms with E-state index in [2.05, 4.69) is 6.92 Å². The molecule has 0 bridgehead atoms. The van der Waals surface area contributed by atoms with Gasteiger partial charge in [0.1, 0.15) is 0 Å². The van der Waals surface area contributed by atoms with Crippen LogP contribution in [-0.4, -0.2) is 24.1 Å². The Labute approximate surface area is 140 Å². The van der Waals surface area contributed by atoms with Gasteiger partial charge in [-0.05, 0) is 0 Å². The van der Waals surface area contributed by atoms with Crippen LogP contribution in [-0.2, 0) is 10.4 Å². The zero-order valence-electron chi connectivity index (χ0n) is 12.4. The molecule has 0 aromatic rings. The molecule has 0 aromatic heterocycles. The van der Waals surface area contributed by atoms with Crippen LogP contribution in [0.15, 0.2) is 0 Å². The predicted octanol–water partition coefficient (Wildman–Crippen LogP) is 1.31. The SMILES string of the molecule is CCCCCCCCCCCC[NH-].O=S(=O)(O)O.[Na+]. The molecule has 0 aliphatic carbocycles. The zero-order chi connectivity index (χ0) is 14.3. The average Bonchev–Trinajstić information content (AvgIpc) is 2.25. The van der Waals surface area contributed by atoms with Crippen molar-refractivity contribution in [3.8, 4) is 0 Å². The molecule has 112 valence electrons. The fraction of sp³-hybridized carbons (Fsp3) is 1.00. The van der Waals surface area contributed by atoms with Gasteiger partial charge in [-0.2, -0.15) is 15.0 Å². The summed E-state index contributed by atoms with van der Waals surface area (Å²) in [5.41, 5.74) is 7.00. The molecule has 0 unspecified atom stereocenters. The van der Waals surface area contributed by atoms with E-state index in [1.54, 1.807) is 0 Å². The largest absolute Gasteiger partial charge is 1.00 e. The Morgan fingerprint density at radius 3 is 1.32 bits per heavy atom. The topological polar surface area (TPSA) is 98.4 Å². The molecule has 0 heterocycles. The van der Waals surface area contributed by atoms with Crippen LogP contribution in [0.4, 0.5) is 0 Å². The molecule has 0 amide bonds. The van der Waals surface area contributed by atoms with Gasteiger partial charge in [-0.1, -0.05) is 71.1 Å². The Hall–Kier alpha value is 0.830. The van der Waals surface area contributed by atoms with Crippen LogP contribution in [0, 0.1) is 0 Å².